The first-order chi connectivity index (χ1) is 17.4. The summed E-state index contributed by atoms with van der Waals surface area (Å²) in [5.74, 6) is 0.487. The summed E-state index contributed by atoms with van der Waals surface area (Å²) >= 11 is 0. The average molecular weight is 531 g/mol. The first kappa shape index (κ1) is 28.9. The lowest BCUT2D eigenvalue weighted by molar-refractivity contribution is -0.137. The van der Waals surface area contributed by atoms with Crippen LogP contribution in [0.2, 0.25) is 0 Å². The number of hydrogen-bond acceptors (Lipinski definition) is 5. The fourth-order valence-electron chi connectivity index (χ4n) is 4.66. The van der Waals surface area contributed by atoms with Crippen LogP contribution in [0.15, 0.2) is 52.4 Å². The smallest absolute Gasteiger partial charge is 0.244 e. The molecule has 1 amide bonds. The van der Waals surface area contributed by atoms with Crippen LogP contribution in [0.1, 0.15) is 60.6 Å². The fraction of sp³-hybridized carbons (Fsp3) is 0.571. The molecule has 2 heterocycles. The fourth-order valence-corrected chi connectivity index (χ4v) is 6.26. The molecule has 0 aliphatic heterocycles. The van der Waals surface area contributed by atoms with Crippen molar-refractivity contribution in [2.45, 2.75) is 78.9 Å². The Bertz CT molecular complexity index is 1270. The normalized spacial score (nSPS) is 13.4. The Hall–Kier alpha value is -2.65. The second-order valence-electron chi connectivity index (χ2n) is 11.0. The zero-order valence-corrected chi connectivity index (χ0v) is 24.0. The standard InChI is InChI=1S/C28H42N4O4S/c1-8-30-19-29-15-24(30)18-32(37(34,35)25-9-10-27-23(14-25)11-12-36-27)26(13-20(2)3)28(33)31(16-21(4)5)17-22(6)7/h9-12,14-15,19-22,26H,8,13,16-18H2,1-7H3/t26-/m0/s1. The molecule has 0 N–H and O–H groups in total. The van der Waals surface area contributed by atoms with Crippen LogP contribution in [0.3, 0.4) is 0 Å². The highest BCUT2D eigenvalue weighted by Gasteiger charge is 2.39. The van der Waals surface area contributed by atoms with Crippen molar-refractivity contribution in [3.05, 3.63) is 48.7 Å². The van der Waals surface area contributed by atoms with Crippen LogP contribution in [-0.2, 0) is 27.9 Å². The summed E-state index contributed by atoms with van der Waals surface area (Å²) in [6.07, 6.45) is 5.33. The summed E-state index contributed by atoms with van der Waals surface area (Å²) in [5, 5.41) is 0.701. The van der Waals surface area contributed by atoms with Gasteiger partial charge in [-0.1, -0.05) is 41.5 Å². The molecule has 37 heavy (non-hydrogen) atoms. The van der Waals surface area contributed by atoms with Crippen molar-refractivity contribution < 1.29 is 17.6 Å². The molecule has 0 aliphatic rings. The summed E-state index contributed by atoms with van der Waals surface area (Å²) in [6, 6.07) is 5.74. The van der Waals surface area contributed by atoms with Crippen molar-refractivity contribution >= 4 is 26.9 Å². The van der Waals surface area contributed by atoms with Gasteiger partial charge in [-0.3, -0.25) is 4.79 Å². The molecule has 0 fully saturated rings. The van der Waals surface area contributed by atoms with Gasteiger partial charge in [-0.2, -0.15) is 4.31 Å². The minimum absolute atomic E-state index is 0.0555. The molecular weight excluding hydrogens is 488 g/mol. The first-order valence-electron chi connectivity index (χ1n) is 13.2. The van der Waals surface area contributed by atoms with E-state index in [1.54, 1.807) is 43.1 Å². The maximum atomic E-state index is 14.3. The third-order valence-electron chi connectivity index (χ3n) is 6.30. The molecule has 1 atom stereocenters. The Kier molecular flexibility index (Phi) is 9.58. The van der Waals surface area contributed by atoms with Gasteiger partial charge in [-0.05, 0) is 55.4 Å². The summed E-state index contributed by atoms with van der Waals surface area (Å²) in [7, 11) is -4.05. The van der Waals surface area contributed by atoms with Gasteiger partial charge < -0.3 is 13.9 Å². The van der Waals surface area contributed by atoms with Gasteiger partial charge in [0.05, 0.1) is 29.7 Å². The number of imidazole rings is 1. The molecule has 0 aliphatic carbocycles. The highest BCUT2D eigenvalue weighted by molar-refractivity contribution is 7.89. The lowest BCUT2D eigenvalue weighted by Gasteiger charge is -2.36. The van der Waals surface area contributed by atoms with Gasteiger partial charge in [0.1, 0.15) is 11.6 Å². The molecule has 8 nitrogen and oxygen atoms in total. The highest BCUT2D eigenvalue weighted by atomic mass is 32.2. The lowest BCUT2D eigenvalue weighted by atomic mass is 10.0. The number of fused-ring (bicyclic) bond motifs is 1. The number of benzene rings is 1. The van der Waals surface area contributed by atoms with Crippen LogP contribution in [0.5, 0.6) is 0 Å². The van der Waals surface area contributed by atoms with E-state index < -0.39 is 16.1 Å². The summed E-state index contributed by atoms with van der Waals surface area (Å²) in [6.45, 7) is 16.2. The van der Waals surface area contributed by atoms with E-state index in [4.69, 9.17) is 4.42 Å². The Morgan fingerprint density at radius 1 is 1.03 bits per heavy atom. The van der Waals surface area contributed by atoms with Crippen LogP contribution in [0.25, 0.3) is 11.0 Å². The van der Waals surface area contributed by atoms with Crippen molar-refractivity contribution in [2.24, 2.45) is 17.8 Å². The van der Waals surface area contributed by atoms with Gasteiger partial charge in [0.25, 0.3) is 0 Å². The monoisotopic (exact) mass is 530 g/mol. The number of rotatable bonds is 13. The number of hydrogen-bond donors (Lipinski definition) is 0. The van der Waals surface area contributed by atoms with Crippen molar-refractivity contribution in [1.82, 2.24) is 18.8 Å². The van der Waals surface area contributed by atoms with Gasteiger partial charge in [0.2, 0.25) is 15.9 Å². The molecule has 0 radical (unpaired) electrons. The van der Waals surface area contributed by atoms with Gasteiger partial charge in [0.15, 0.2) is 0 Å². The van der Waals surface area contributed by atoms with Gasteiger partial charge in [-0.15, -0.1) is 0 Å². The van der Waals surface area contributed by atoms with Crippen molar-refractivity contribution in [1.29, 1.82) is 0 Å². The number of amides is 1. The Morgan fingerprint density at radius 3 is 2.30 bits per heavy atom. The predicted molar refractivity (Wildman–Crippen MR) is 146 cm³/mol. The molecule has 0 spiro atoms. The van der Waals surface area contributed by atoms with E-state index in [-0.39, 0.29) is 35.1 Å². The van der Waals surface area contributed by atoms with Crippen LogP contribution in [-0.4, -0.2) is 52.2 Å². The minimum Gasteiger partial charge on any atom is -0.464 e. The Balaban J connectivity index is 2.14. The van der Waals surface area contributed by atoms with Crippen LogP contribution < -0.4 is 0 Å². The van der Waals surface area contributed by atoms with Crippen molar-refractivity contribution in [2.75, 3.05) is 13.1 Å². The maximum Gasteiger partial charge on any atom is 0.244 e. The van der Waals surface area contributed by atoms with E-state index in [0.717, 1.165) is 5.69 Å². The molecular formula is C28H42N4O4S. The zero-order valence-electron chi connectivity index (χ0n) is 23.2. The number of furan rings is 1. The number of nitrogens with zero attached hydrogens (tertiary/aromatic N) is 4. The van der Waals surface area contributed by atoms with E-state index >= 15 is 0 Å². The molecule has 0 unspecified atom stereocenters. The number of sulfonamides is 1. The van der Waals surface area contributed by atoms with Crippen molar-refractivity contribution in [3.63, 3.8) is 0 Å². The number of aryl methyl sites for hydroxylation is 1. The third kappa shape index (κ3) is 7.02. The zero-order chi connectivity index (χ0) is 27.3. The van der Waals surface area contributed by atoms with Crippen molar-refractivity contribution in [3.8, 4) is 0 Å². The SMILES string of the molecule is CCn1cncc1CN([C@@H](CC(C)C)C(=O)N(CC(C)C)CC(C)C)S(=O)(=O)c1ccc2occc2c1. The van der Waals surface area contributed by atoms with Crippen LogP contribution in [0.4, 0.5) is 0 Å². The van der Waals surface area contributed by atoms with E-state index in [1.165, 1.54) is 4.31 Å². The van der Waals surface area contributed by atoms with Gasteiger partial charge in [-0.25, -0.2) is 13.4 Å². The van der Waals surface area contributed by atoms with E-state index in [2.05, 4.69) is 32.7 Å². The molecule has 0 bridgehead atoms. The summed E-state index contributed by atoms with van der Waals surface area (Å²) < 4.78 is 37.4. The van der Waals surface area contributed by atoms with Crippen LogP contribution >= 0.6 is 0 Å². The Labute approximate surface area is 221 Å². The molecule has 0 saturated carbocycles. The quantitative estimate of drug-likeness (QED) is 0.295. The van der Waals surface area contributed by atoms with Crippen LogP contribution in [0, 0.1) is 17.8 Å². The second-order valence-corrected chi connectivity index (χ2v) is 12.9. The molecule has 2 aromatic heterocycles. The Morgan fingerprint density at radius 2 is 1.70 bits per heavy atom. The lowest BCUT2D eigenvalue weighted by Crippen LogP contribution is -2.52. The average Bonchev–Trinajstić information content (AvgIpc) is 3.47. The third-order valence-corrected chi connectivity index (χ3v) is 8.15. The van der Waals surface area contributed by atoms with E-state index in [9.17, 15) is 13.2 Å². The highest BCUT2D eigenvalue weighted by Crippen LogP contribution is 2.29. The second kappa shape index (κ2) is 12.3. The molecule has 3 rings (SSSR count). The van der Waals surface area contributed by atoms with Gasteiger partial charge >= 0.3 is 0 Å². The van der Waals surface area contributed by atoms with Gasteiger partial charge in [0, 0.05) is 31.2 Å². The topological polar surface area (TPSA) is 88.7 Å². The number of carbonyl (C=O) groups excluding carboxylic acids is 1. The molecule has 1 aromatic carbocycles. The van der Waals surface area contributed by atoms with E-state index in [0.29, 0.717) is 37.0 Å². The molecule has 3 aromatic rings. The number of aromatic nitrogens is 2. The summed E-state index contributed by atoms with van der Waals surface area (Å²) in [5.41, 5.74) is 1.36. The molecule has 0 saturated heterocycles. The first-order valence-corrected chi connectivity index (χ1v) is 14.6. The number of carbonyl (C=O) groups is 1. The van der Waals surface area contributed by atoms with E-state index in [1.807, 2.05) is 30.2 Å². The predicted octanol–water partition coefficient (Wildman–Crippen LogP) is 5.40. The minimum atomic E-state index is -4.05. The maximum absolute atomic E-state index is 14.3. The molecule has 204 valence electrons. The largest absolute Gasteiger partial charge is 0.464 e. The summed E-state index contributed by atoms with van der Waals surface area (Å²) in [4.78, 5) is 20.4. The molecule has 9 heteroatoms.